The molecule has 0 aliphatic carbocycles. The van der Waals surface area contributed by atoms with Gasteiger partial charge in [0.25, 0.3) is 11.6 Å². The van der Waals surface area contributed by atoms with Crippen molar-refractivity contribution in [2.45, 2.75) is 73.8 Å². The molecule has 0 fully saturated rings. The molecule has 5 aromatic heterocycles. The fraction of sp³-hybridized carbons (Fsp3) is 0.353. The summed E-state index contributed by atoms with van der Waals surface area (Å²) in [5, 5.41) is 1.40. The van der Waals surface area contributed by atoms with Crippen LogP contribution in [0.4, 0.5) is 114 Å². The van der Waals surface area contributed by atoms with Crippen LogP contribution in [-0.4, -0.2) is 85.4 Å². The van der Waals surface area contributed by atoms with Crippen LogP contribution >= 0.6 is 56.7 Å². The molecular weight excluding hydrogens is 1190 g/mol. The van der Waals surface area contributed by atoms with E-state index in [2.05, 4.69) is 9.47 Å². The SMILES string of the molecule is O=C(c1csc(-c2ccc(-c3ccc(-c4ccc(-c5cccs5)s4)s3)s2)c1C(=O)C(F)(F)OC(F)(F)C(F)(F)OC(F)(F)C(F)(F)OC(F)(F)F)C(F)(F)OC(F)(F)C(F)(F)OC(F)(F)C(F)(F)OC(F)(F)F. The maximum absolute atomic E-state index is 15.3. The van der Waals surface area contributed by atoms with E-state index in [1.54, 1.807) is 39.1 Å². The second kappa shape index (κ2) is 19.4. The van der Waals surface area contributed by atoms with Gasteiger partial charge in [0.1, 0.15) is 0 Å². The van der Waals surface area contributed by atoms with Gasteiger partial charge in [0.05, 0.1) is 10.4 Å². The number of carbonyl (C=O) groups is 2. The lowest BCUT2D eigenvalue weighted by Gasteiger charge is -2.33. The van der Waals surface area contributed by atoms with Crippen molar-refractivity contribution in [3.05, 3.63) is 70.4 Å². The number of thiophene rings is 5. The van der Waals surface area contributed by atoms with Crippen LogP contribution in [0.2, 0.25) is 0 Å². The Morgan fingerprint density at radius 1 is 0.342 bits per heavy atom. The number of ether oxygens (including phenoxy) is 6. The smallest absolute Gasteiger partial charge is 0.284 e. The monoisotopic (exact) mass is 1200 g/mol. The van der Waals surface area contributed by atoms with Crippen molar-refractivity contribution in [2.24, 2.45) is 0 Å². The average Bonchev–Trinajstić information content (AvgIpc) is 4.03. The third-order valence-corrected chi connectivity index (χ3v) is 13.8. The molecule has 0 N–H and O–H groups in total. The number of halogens is 26. The Morgan fingerprint density at radius 3 is 0.986 bits per heavy atom. The molecule has 0 atom stereocenters. The van der Waals surface area contributed by atoms with Gasteiger partial charge in [-0.15, -0.1) is 83.0 Å². The molecule has 0 radical (unpaired) electrons. The lowest BCUT2D eigenvalue weighted by molar-refractivity contribution is -0.561. The molecule has 0 aliphatic rings. The summed E-state index contributed by atoms with van der Waals surface area (Å²) in [6.45, 7) is 0. The topological polar surface area (TPSA) is 89.5 Å². The van der Waals surface area contributed by atoms with Crippen LogP contribution in [0.1, 0.15) is 20.7 Å². The maximum Gasteiger partial charge on any atom is 0.527 e. The second-order valence-electron chi connectivity index (χ2n) is 13.2. The number of ketones is 2. The number of rotatable bonds is 22. The number of hydrogen-bond donors (Lipinski definition) is 0. The van der Waals surface area contributed by atoms with Crippen molar-refractivity contribution >= 4 is 68.3 Å². The van der Waals surface area contributed by atoms with E-state index in [1.165, 1.54) is 44.3 Å². The molecule has 5 aromatic rings. The standard InChI is InChI=1S/C34H10F26O8S5/c35-23(36,63-25(39,40)27(43,44)65-29(47,48)31(51,52)67-33(55,56)57)21(61)11-10-70-20(18-8-7-17(73-18)16-6-5-15(72-16)14-4-3-13(71-14)12-2-1-9-69-12)19(11)22(62)24(37,38)64-26(41,42)28(45,46)66-30(49,50)32(53,54)68-34(58,59)60/h1-10H. The van der Waals surface area contributed by atoms with Crippen molar-refractivity contribution in [1.82, 2.24) is 0 Å². The van der Waals surface area contributed by atoms with Crippen molar-refractivity contribution in [2.75, 3.05) is 0 Å². The van der Waals surface area contributed by atoms with Gasteiger partial charge in [-0.3, -0.25) is 9.59 Å². The lowest BCUT2D eigenvalue weighted by atomic mass is 10.0. The van der Waals surface area contributed by atoms with Gasteiger partial charge in [-0.2, -0.15) is 87.8 Å². The lowest BCUT2D eigenvalue weighted by Crippen LogP contribution is -2.58. The molecule has 5 heterocycles. The molecule has 0 saturated heterocycles. The third kappa shape index (κ3) is 12.9. The zero-order chi connectivity index (χ0) is 55.8. The Morgan fingerprint density at radius 2 is 0.644 bits per heavy atom. The zero-order valence-electron chi connectivity index (χ0n) is 32.9. The van der Waals surface area contributed by atoms with Gasteiger partial charge < -0.3 is 0 Å². The van der Waals surface area contributed by atoms with Gasteiger partial charge in [-0.25, -0.2) is 28.4 Å². The third-order valence-electron chi connectivity index (χ3n) is 7.95. The van der Waals surface area contributed by atoms with Crippen molar-refractivity contribution in [1.29, 1.82) is 0 Å². The van der Waals surface area contributed by atoms with Crippen LogP contribution in [0, 0.1) is 0 Å². The first kappa shape index (κ1) is 59.7. The van der Waals surface area contributed by atoms with E-state index in [1.807, 2.05) is 0 Å². The summed E-state index contributed by atoms with van der Waals surface area (Å²) < 4.78 is 366. The summed E-state index contributed by atoms with van der Waals surface area (Å²) in [5.41, 5.74) is -5.33. The van der Waals surface area contributed by atoms with Crippen LogP contribution in [0.3, 0.4) is 0 Å². The van der Waals surface area contributed by atoms with Gasteiger partial charge in [-0.05, 0) is 47.8 Å². The Kier molecular flexibility index (Phi) is 15.9. The van der Waals surface area contributed by atoms with Crippen LogP contribution in [0.25, 0.3) is 39.0 Å². The Bertz CT molecular complexity index is 2770. The summed E-state index contributed by atoms with van der Waals surface area (Å²) in [6.07, 6.45) is -88.9. The molecule has 0 spiro atoms. The van der Waals surface area contributed by atoms with Crippen LogP contribution in [0.5, 0.6) is 0 Å². The summed E-state index contributed by atoms with van der Waals surface area (Å²) in [7, 11) is 0. The first-order chi connectivity index (χ1) is 32.7. The largest absolute Gasteiger partial charge is 0.527 e. The van der Waals surface area contributed by atoms with Crippen LogP contribution < -0.4 is 0 Å². The molecule has 0 aromatic carbocycles. The van der Waals surface area contributed by atoms with Gasteiger partial charge in [-0.1, -0.05) is 6.07 Å². The molecule has 8 nitrogen and oxygen atoms in total. The molecule has 73 heavy (non-hydrogen) atoms. The molecule has 0 bridgehead atoms. The van der Waals surface area contributed by atoms with Crippen molar-refractivity contribution in [3.8, 4) is 39.0 Å². The van der Waals surface area contributed by atoms with E-state index in [4.69, 9.17) is 0 Å². The Hall–Kier alpha value is -4.22. The predicted octanol–water partition coefficient (Wildman–Crippen LogP) is 16.1. The number of hydrogen-bond acceptors (Lipinski definition) is 13. The fourth-order valence-electron chi connectivity index (χ4n) is 4.95. The number of alkyl halides is 26. The molecule has 0 aliphatic heterocycles. The molecule has 0 unspecified atom stereocenters. The second-order valence-corrected chi connectivity index (χ2v) is 18.2. The number of Topliss-reactive ketones (excluding diaryl/α,β-unsaturated/α-hetero) is 2. The minimum atomic E-state index is -7.77. The molecule has 0 saturated carbocycles. The van der Waals surface area contributed by atoms with Crippen LogP contribution in [0.15, 0.2) is 59.3 Å². The fourth-order valence-corrected chi connectivity index (χ4v) is 10.2. The van der Waals surface area contributed by atoms with E-state index in [0.29, 0.717) is 15.8 Å². The van der Waals surface area contributed by atoms with Gasteiger partial charge >= 0.3 is 73.8 Å². The zero-order valence-corrected chi connectivity index (χ0v) is 37.0. The van der Waals surface area contributed by atoms with Gasteiger partial charge in [0, 0.05) is 45.1 Å². The minimum Gasteiger partial charge on any atom is -0.284 e. The van der Waals surface area contributed by atoms with Crippen molar-refractivity contribution in [3.63, 3.8) is 0 Å². The highest BCUT2D eigenvalue weighted by Crippen LogP contribution is 2.53. The number of carbonyl (C=O) groups excluding carboxylic acids is 2. The summed E-state index contributed by atoms with van der Waals surface area (Å²) in [5.74, 6) is -7.79. The first-order valence-electron chi connectivity index (χ1n) is 17.4. The first-order valence-corrected chi connectivity index (χ1v) is 21.6. The van der Waals surface area contributed by atoms with Crippen LogP contribution in [-0.2, 0) is 28.4 Å². The molecule has 39 heteroatoms. The highest BCUT2D eigenvalue weighted by Gasteiger charge is 2.76. The van der Waals surface area contributed by atoms with E-state index in [0.717, 1.165) is 27.2 Å². The highest BCUT2D eigenvalue weighted by molar-refractivity contribution is 7.29. The average molecular weight is 1200 g/mol. The van der Waals surface area contributed by atoms with E-state index < -0.39 is 118 Å². The molecule has 406 valence electrons. The van der Waals surface area contributed by atoms with Gasteiger partial charge in [0.2, 0.25) is 0 Å². The molecular formula is C34H10F26O8S5. The maximum atomic E-state index is 15.3. The summed E-state index contributed by atoms with van der Waals surface area (Å²) >= 11 is 3.34. The van der Waals surface area contributed by atoms with E-state index in [9.17, 15) is 106 Å². The summed E-state index contributed by atoms with van der Waals surface area (Å²) in [6, 6.07) is 11.5. The predicted molar refractivity (Wildman–Crippen MR) is 194 cm³/mol. The van der Waals surface area contributed by atoms with Gasteiger partial charge in [0.15, 0.2) is 0 Å². The highest BCUT2D eigenvalue weighted by atomic mass is 32.1. The molecule has 5 rings (SSSR count). The van der Waals surface area contributed by atoms with E-state index in [-0.39, 0.29) is 26.5 Å². The summed E-state index contributed by atoms with van der Waals surface area (Å²) in [4.78, 5) is 26.8. The van der Waals surface area contributed by atoms with Crippen molar-refractivity contribution < 1.29 is 152 Å². The minimum absolute atomic E-state index is 0.0434. The Balaban J connectivity index is 1.55. The van der Waals surface area contributed by atoms with E-state index >= 15 is 17.6 Å². The molecule has 0 amide bonds. The normalized spacial score (nSPS) is 14.6. The Labute approximate surface area is 402 Å². The quantitative estimate of drug-likeness (QED) is 0.0500.